The molecule has 0 saturated carbocycles. The van der Waals surface area contributed by atoms with Gasteiger partial charge in [0.05, 0.1) is 5.84 Å². The Hall–Kier alpha value is -1.06. The van der Waals surface area contributed by atoms with Gasteiger partial charge >= 0.3 is 0 Å². The molecule has 0 aliphatic heterocycles. The van der Waals surface area contributed by atoms with Gasteiger partial charge in [-0.05, 0) is 6.92 Å². The summed E-state index contributed by atoms with van der Waals surface area (Å²) in [6.45, 7) is 1.57. The molecule has 4 N–H and O–H groups in total. The highest BCUT2D eigenvalue weighted by atomic mass is 15.2. The average Bonchev–Trinajstić information content (AvgIpc) is 1.64. The van der Waals surface area contributed by atoms with Crippen LogP contribution in [-0.2, 0) is 0 Å². The first-order valence-electron chi connectivity index (χ1n) is 2.18. The smallest absolute Gasteiger partial charge is 0.193 e. The predicted octanol–water partition coefficient (Wildman–Crippen LogP) is -0.191. The molecule has 0 aliphatic carbocycles. The molecule has 0 radical (unpaired) electrons. The minimum atomic E-state index is -0.0995. The van der Waals surface area contributed by atoms with Gasteiger partial charge in [0, 0.05) is 7.05 Å². The van der Waals surface area contributed by atoms with Crippen LogP contribution in [0.3, 0.4) is 0 Å². The summed E-state index contributed by atoms with van der Waals surface area (Å²) in [5, 5.41) is 13.7. The number of guanidine groups is 1. The van der Waals surface area contributed by atoms with Gasteiger partial charge in [-0.15, -0.1) is 0 Å². The van der Waals surface area contributed by atoms with Gasteiger partial charge in [-0.25, -0.2) is 0 Å². The Labute approximate surface area is 48.3 Å². The number of hydrogen-bond donors (Lipinski definition) is 3. The number of hydrogen-bond acceptors (Lipinski definition) is 2. The van der Waals surface area contributed by atoms with E-state index >= 15 is 0 Å². The third-order valence-corrected chi connectivity index (χ3v) is 0.864. The monoisotopic (exact) mass is 114 g/mol. The second kappa shape index (κ2) is 2.30. The molecule has 0 fully saturated rings. The summed E-state index contributed by atoms with van der Waals surface area (Å²) in [4.78, 5) is 1.28. The molecule has 0 unspecified atom stereocenters. The van der Waals surface area contributed by atoms with Crippen LogP contribution in [0, 0.1) is 10.8 Å². The Bertz CT molecular complexity index is 103. The molecular weight excluding hydrogens is 104 g/mol. The lowest BCUT2D eigenvalue weighted by Gasteiger charge is -2.12. The molecule has 4 heteroatoms. The van der Waals surface area contributed by atoms with E-state index in [1.54, 1.807) is 14.0 Å². The zero-order chi connectivity index (χ0) is 6.73. The largest absolute Gasteiger partial charge is 0.370 e. The summed E-state index contributed by atoms with van der Waals surface area (Å²) < 4.78 is 0. The van der Waals surface area contributed by atoms with Crippen molar-refractivity contribution in [2.45, 2.75) is 6.92 Å². The number of amidine groups is 1. The van der Waals surface area contributed by atoms with Crippen molar-refractivity contribution in [2.24, 2.45) is 5.73 Å². The number of nitrogens with one attached hydrogen (secondary N) is 2. The fraction of sp³-hybridized carbons (Fsp3) is 0.500. The maximum absolute atomic E-state index is 6.94. The van der Waals surface area contributed by atoms with Gasteiger partial charge in [0.15, 0.2) is 5.96 Å². The van der Waals surface area contributed by atoms with E-state index in [2.05, 4.69) is 0 Å². The number of rotatable bonds is 0. The molecule has 0 aromatic heterocycles. The second-order valence-electron chi connectivity index (χ2n) is 1.53. The van der Waals surface area contributed by atoms with Gasteiger partial charge in [-0.2, -0.15) is 0 Å². The van der Waals surface area contributed by atoms with Gasteiger partial charge in [0.25, 0.3) is 0 Å². The summed E-state index contributed by atoms with van der Waals surface area (Å²) in [5.74, 6) is 0.176. The van der Waals surface area contributed by atoms with Gasteiger partial charge in [0.2, 0.25) is 0 Å². The molecule has 8 heavy (non-hydrogen) atoms. The zero-order valence-corrected chi connectivity index (χ0v) is 5.02. The van der Waals surface area contributed by atoms with Crippen LogP contribution in [0.2, 0.25) is 0 Å². The normalized spacial score (nSPS) is 8.25. The van der Waals surface area contributed by atoms with Crippen LogP contribution in [-0.4, -0.2) is 23.7 Å². The van der Waals surface area contributed by atoms with Crippen LogP contribution >= 0.6 is 0 Å². The van der Waals surface area contributed by atoms with Crippen LogP contribution in [0.15, 0.2) is 0 Å². The van der Waals surface area contributed by atoms with E-state index in [4.69, 9.17) is 16.6 Å². The molecule has 0 bridgehead atoms. The first-order valence-corrected chi connectivity index (χ1v) is 2.18. The summed E-state index contributed by atoms with van der Waals surface area (Å²) in [6.07, 6.45) is 0. The van der Waals surface area contributed by atoms with Crippen LogP contribution in [0.4, 0.5) is 0 Å². The third-order valence-electron chi connectivity index (χ3n) is 0.864. The minimum Gasteiger partial charge on any atom is -0.370 e. The third kappa shape index (κ3) is 1.59. The SMILES string of the molecule is CC(=N)N(C)C(=N)N. The van der Waals surface area contributed by atoms with Crippen molar-refractivity contribution in [3.63, 3.8) is 0 Å². The van der Waals surface area contributed by atoms with Crippen molar-refractivity contribution in [2.75, 3.05) is 7.05 Å². The van der Waals surface area contributed by atoms with Crippen LogP contribution in [0.25, 0.3) is 0 Å². The van der Waals surface area contributed by atoms with E-state index < -0.39 is 0 Å². The standard InChI is InChI=1S/C4H10N4/c1-3(5)8(2)4(6)7/h5H,1-2H3,(H3,6,7). The summed E-state index contributed by atoms with van der Waals surface area (Å²) in [5.41, 5.74) is 5.01. The quantitative estimate of drug-likeness (QED) is 0.301. The van der Waals surface area contributed by atoms with Crippen molar-refractivity contribution in [1.82, 2.24) is 4.90 Å². The summed E-state index contributed by atoms with van der Waals surface area (Å²) in [7, 11) is 1.57. The summed E-state index contributed by atoms with van der Waals surface area (Å²) >= 11 is 0. The highest BCUT2D eigenvalue weighted by Gasteiger charge is 1.97. The van der Waals surface area contributed by atoms with Gasteiger partial charge in [0.1, 0.15) is 0 Å². The van der Waals surface area contributed by atoms with E-state index in [0.717, 1.165) is 0 Å². The van der Waals surface area contributed by atoms with Gasteiger partial charge in [-0.1, -0.05) is 0 Å². The molecule has 0 atom stereocenters. The Morgan fingerprint density at radius 3 is 1.88 bits per heavy atom. The van der Waals surface area contributed by atoms with E-state index in [-0.39, 0.29) is 11.8 Å². The van der Waals surface area contributed by atoms with Crippen LogP contribution in [0.1, 0.15) is 6.92 Å². The molecule has 0 aliphatic rings. The maximum Gasteiger partial charge on any atom is 0.193 e. The molecule has 4 nitrogen and oxygen atoms in total. The van der Waals surface area contributed by atoms with Gasteiger partial charge < -0.3 is 10.6 Å². The fourth-order valence-corrected chi connectivity index (χ4v) is 0.181. The lowest BCUT2D eigenvalue weighted by Crippen LogP contribution is -2.35. The Morgan fingerprint density at radius 1 is 1.50 bits per heavy atom. The van der Waals surface area contributed by atoms with Crippen molar-refractivity contribution in [3.8, 4) is 0 Å². The van der Waals surface area contributed by atoms with Crippen molar-refractivity contribution >= 4 is 11.8 Å². The molecule has 0 spiro atoms. The Balaban J connectivity index is 3.83. The average molecular weight is 114 g/mol. The molecule has 0 amide bonds. The number of nitrogens with two attached hydrogens (primary N) is 1. The highest BCUT2D eigenvalue weighted by Crippen LogP contribution is 1.78. The Kier molecular flexibility index (Phi) is 1.99. The molecule has 0 heterocycles. The Morgan fingerprint density at radius 2 is 1.88 bits per heavy atom. The number of nitrogens with zero attached hydrogens (tertiary/aromatic N) is 1. The lowest BCUT2D eigenvalue weighted by molar-refractivity contribution is 0.722. The second-order valence-corrected chi connectivity index (χ2v) is 1.53. The molecule has 0 aromatic carbocycles. The van der Waals surface area contributed by atoms with Crippen molar-refractivity contribution < 1.29 is 0 Å². The van der Waals surface area contributed by atoms with Crippen molar-refractivity contribution in [1.29, 1.82) is 10.8 Å². The lowest BCUT2D eigenvalue weighted by atomic mass is 10.6. The van der Waals surface area contributed by atoms with E-state index in [0.29, 0.717) is 0 Å². The summed E-state index contributed by atoms with van der Waals surface area (Å²) in [6, 6.07) is 0. The zero-order valence-electron chi connectivity index (χ0n) is 5.02. The molecule has 46 valence electrons. The van der Waals surface area contributed by atoms with E-state index in [9.17, 15) is 0 Å². The van der Waals surface area contributed by atoms with E-state index in [1.807, 2.05) is 0 Å². The van der Waals surface area contributed by atoms with Crippen LogP contribution < -0.4 is 5.73 Å². The highest BCUT2D eigenvalue weighted by molar-refractivity contribution is 5.94. The van der Waals surface area contributed by atoms with Crippen LogP contribution in [0.5, 0.6) is 0 Å². The molecule has 0 rings (SSSR count). The fourth-order valence-electron chi connectivity index (χ4n) is 0.181. The maximum atomic E-state index is 6.94. The molecule has 0 aromatic rings. The first-order chi connectivity index (χ1) is 3.55. The molecule has 0 saturated heterocycles. The first kappa shape index (κ1) is 6.94. The minimum absolute atomic E-state index is 0.0995. The van der Waals surface area contributed by atoms with E-state index in [1.165, 1.54) is 4.90 Å². The predicted molar refractivity (Wildman–Crippen MR) is 33.1 cm³/mol. The van der Waals surface area contributed by atoms with Crippen molar-refractivity contribution in [3.05, 3.63) is 0 Å². The van der Waals surface area contributed by atoms with Gasteiger partial charge in [-0.3, -0.25) is 10.8 Å². The molecular formula is C4H10N4. The topological polar surface area (TPSA) is 77.0 Å².